The van der Waals surface area contributed by atoms with Crippen molar-refractivity contribution in [3.63, 3.8) is 0 Å². The van der Waals surface area contributed by atoms with Crippen LogP contribution in [0.3, 0.4) is 0 Å². The first-order valence-corrected chi connectivity index (χ1v) is 7.59. The molecular weight excluding hydrogens is 299 g/mol. The van der Waals surface area contributed by atoms with Gasteiger partial charge < -0.3 is 4.90 Å². The highest BCUT2D eigenvalue weighted by molar-refractivity contribution is 7.14. The summed E-state index contributed by atoms with van der Waals surface area (Å²) >= 11 is 1.38. The third kappa shape index (κ3) is 3.18. The van der Waals surface area contributed by atoms with Crippen molar-refractivity contribution in [3.05, 3.63) is 29.9 Å². The molecule has 1 unspecified atom stereocenters. The summed E-state index contributed by atoms with van der Waals surface area (Å²) in [6.45, 7) is 0.635. The maximum Gasteiger partial charge on any atom is 0.393 e. The van der Waals surface area contributed by atoms with E-state index in [0.29, 0.717) is 18.1 Å². The van der Waals surface area contributed by atoms with Crippen LogP contribution in [0.1, 0.15) is 12.8 Å². The van der Waals surface area contributed by atoms with E-state index in [9.17, 15) is 13.2 Å². The Bertz CT molecular complexity index is 597. The molecule has 3 nitrogen and oxygen atoms in total. The van der Waals surface area contributed by atoms with Crippen molar-refractivity contribution in [3.8, 4) is 11.3 Å². The van der Waals surface area contributed by atoms with Crippen molar-refractivity contribution in [1.82, 2.24) is 9.97 Å². The minimum atomic E-state index is -4.12. The Balaban J connectivity index is 1.77. The molecule has 2 aromatic heterocycles. The quantitative estimate of drug-likeness (QED) is 0.839. The van der Waals surface area contributed by atoms with Gasteiger partial charge in [-0.05, 0) is 25.0 Å². The maximum atomic E-state index is 12.8. The molecule has 0 saturated carbocycles. The number of halogens is 3. The number of hydrogen-bond acceptors (Lipinski definition) is 4. The molecule has 1 atom stereocenters. The molecule has 0 N–H and O–H groups in total. The van der Waals surface area contributed by atoms with E-state index < -0.39 is 12.1 Å². The first kappa shape index (κ1) is 14.3. The highest BCUT2D eigenvalue weighted by Crippen LogP contribution is 2.36. The van der Waals surface area contributed by atoms with Crippen LogP contribution in [0.15, 0.2) is 29.9 Å². The van der Waals surface area contributed by atoms with E-state index in [4.69, 9.17) is 0 Å². The van der Waals surface area contributed by atoms with Gasteiger partial charge in [-0.15, -0.1) is 11.3 Å². The van der Waals surface area contributed by atoms with Gasteiger partial charge >= 0.3 is 6.18 Å². The Labute approximate surface area is 124 Å². The molecule has 2 aromatic rings. The van der Waals surface area contributed by atoms with E-state index >= 15 is 0 Å². The fourth-order valence-electron chi connectivity index (χ4n) is 2.47. The molecule has 1 saturated heterocycles. The van der Waals surface area contributed by atoms with Crippen molar-refractivity contribution in [2.75, 3.05) is 18.0 Å². The topological polar surface area (TPSA) is 29.0 Å². The lowest BCUT2D eigenvalue weighted by Gasteiger charge is -2.33. The molecule has 0 bridgehead atoms. The molecule has 3 heterocycles. The number of aromatic nitrogens is 2. The van der Waals surface area contributed by atoms with Crippen molar-refractivity contribution in [1.29, 1.82) is 0 Å². The smallest absolute Gasteiger partial charge is 0.347 e. The van der Waals surface area contributed by atoms with Crippen LogP contribution in [0.2, 0.25) is 0 Å². The Hall–Kier alpha value is -1.63. The van der Waals surface area contributed by atoms with E-state index in [0.717, 1.165) is 11.3 Å². The normalized spacial score (nSPS) is 19.8. The minimum Gasteiger partial charge on any atom is -0.347 e. The largest absolute Gasteiger partial charge is 0.393 e. The van der Waals surface area contributed by atoms with Gasteiger partial charge in [0.15, 0.2) is 5.13 Å². The van der Waals surface area contributed by atoms with Crippen molar-refractivity contribution in [2.45, 2.75) is 19.0 Å². The summed E-state index contributed by atoms with van der Waals surface area (Å²) < 4.78 is 38.5. The number of piperidine rings is 1. The van der Waals surface area contributed by atoms with Crippen molar-refractivity contribution < 1.29 is 13.2 Å². The van der Waals surface area contributed by atoms with Crippen LogP contribution < -0.4 is 4.90 Å². The Morgan fingerprint density at radius 1 is 1.33 bits per heavy atom. The lowest BCUT2D eigenvalue weighted by atomic mass is 9.98. The fraction of sp³-hybridized carbons (Fsp3) is 0.429. The number of anilines is 1. The van der Waals surface area contributed by atoms with Gasteiger partial charge in [-0.25, -0.2) is 4.98 Å². The maximum absolute atomic E-state index is 12.8. The first-order chi connectivity index (χ1) is 10.0. The fourth-order valence-corrected chi connectivity index (χ4v) is 3.35. The second kappa shape index (κ2) is 5.63. The second-order valence-electron chi connectivity index (χ2n) is 5.08. The molecule has 0 aromatic carbocycles. The summed E-state index contributed by atoms with van der Waals surface area (Å²) in [6, 6.07) is 3.70. The van der Waals surface area contributed by atoms with Gasteiger partial charge in [-0.2, -0.15) is 13.2 Å². The van der Waals surface area contributed by atoms with Gasteiger partial charge in [-0.1, -0.05) is 0 Å². The van der Waals surface area contributed by atoms with Gasteiger partial charge in [0, 0.05) is 36.4 Å². The molecule has 0 radical (unpaired) electrons. The van der Waals surface area contributed by atoms with E-state index in [1.165, 1.54) is 11.3 Å². The number of alkyl halides is 3. The van der Waals surface area contributed by atoms with Crippen LogP contribution in [-0.4, -0.2) is 29.2 Å². The average Bonchev–Trinajstić information content (AvgIpc) is 2.97. The summed E-state index contributed by atoms with van der Waals surface area (Å²) in [5.74, 6) is -1.25. The SMILES string of the molecule is FC(F)(F)C1CCCN(c2nc(-c3cccnc3)cs2)C1. The van der Waals surface area contributed by atoms with Gasteiger partial charge in [0.2, 0.25) is 0 Å². The van der Waals surface area contributed by atoms with Gasteiger partial charge in [0.05, 0.1) is 11.6 Å². The van der Waals surface area contributed by atoms with E-state index in [-0.39, 0.29) is 13.0 Å². The lowest BCUT2D eigenvalue weighted by Crippen LogP contribution is -2.41. The Kier molecular flexibility index (Phi) is 3.84. The molecule has 0 amide bonds. The molecule has 1 aliphatic rings. The molecule has 21 heavy (non-hydrogen) atoms. The predicted octanol–water partition coefficient (Wildman–Crippen LogP) is 3.98. The van der Waals surface area contributed by atoms with Crippen molar-refractivity contribution in [2.24, 2.45) is 5.92 Å². The zero-order valence-electron chi connectivity index (χ0n) is 11.2. The summed E-state index contributed by atoms with van der Waals surface area (Å²) in [6.07, 6.45) is 0.0117. The minimum absolute atomic E-state index is 0.00347. The Morgan fingerprint density at radius 2 is 2.19 bits per heavy atom. The van der Waals surface area contributed by atoms with Gasteiger partial charge in [-0.3, -0.25) is 4.98 Å². The van der Waals surface area contributed by atoms with Gasteiger partial charge in [0.25, 0.3) is 0 Å². The number of hydrogen-bond donors (Lipinski definition) is 0. The molecule has 3 rings (SSSR count). The first-order valence-electron chi connectivity index (χ1n) is 6.71. The van der Waals surface area contributed by atoms with Crippen molar-refractivity contribution >= 4 is 16.5 Å². The molecule has 7 heteroatoms. The highest BCUT2D eigenvalue weighted by atomic mass is 32.1. The highest BCUT2D eigenvalue weighted by Gasteiger charge is 2.42. The molecule has 1 aliphatic heterocycles. The van der Waals surface area contributed by atoms with Crippen LogP contribution in [0, 0.1) is 5.92 Å². The number of nitrogens with zero attached hydrogens (tertiary/aromatic N) is 3. The summed E-state index contributed by atoms with van der Waals surface area (Å²) in [7, 11) is 0. The molecule has 0 spiro atoms. The zero-order valence-corrected chi connectivity index (χ0v) is 12.0. The standard InChI is InChI=1S/C14H14F3N3S/c15-14(16,17)11-4-2-6-20(8-11)13-19-12(9-21-13)10-3-1-5-18-7-10/h1,3,5,7,9,11H,2,4,6,8H2. The van der Waals surface area contributed by atoms with Crippen LogP contribution in [0.4, 0.5) is 18.3 Å². The average molecular weight is 313 g/mol. The number of pyridine rings is 1. The molecular formula is C14H14F3N3S. The molecule has 1 fully saturated rings. The van der Waals surface area contributed by atoms with E-state index in [1.807, 2.05) is 17.5 Å². The number of thiazole rings is 1. The zero-order chi connectivity index (χ0) is 14.9. The molecule has 112 valence electrons. The Morgan fingerprint density at radius 3 is 2.90 bits per heavy atom. The lowest BCUT2D eigenvalue weighted by molar-refractivity contribution is -0.175. The van der Waals surface area contributed by atoms with Crippen LogP contribution in [0.25, 0.3) is 11.3 Å². The van der Waals surface area contributed by atoms with Crippen LogP contribution >= 0.6 is 11.3 Å². The summed E-state index contributed by atoms with van der Waals surface area (Å²) in [4.78, 5) is 10.2. The third-order valence-electron chi connectivity index (χ3n) is 3.60. The summed E-state index contributed by atoms with van der Waals surface area (Å²) in [5.41, 5.74) is 1.64. The number of rotatable bonds is 2. The molecule has 0 aliphatic carbocycles. The second-order valence-corrected chi connectivity index (χ2v) is 5.92. The monoisotopic (exact) mass is 313 g/mol. The van der Waals surface area contributed by atoms with E-state index in [2.05, 4.69) is 9.97 Å². The predicted molar refractivity (Wildman–Crippen MR) is 76.3 cm³/mol. The summed E-state index contributed by atoms with van der Waals surface area (Å²) in [5, 5.41) is 2.52. The van der Waals surface area contributed by atoms with Gasteiger partial charge in [0.1, 0.15) is 0 Å². The van der Waals surface area contributed by atoms with E-state index in [1.54, 1.807) is 17.3 Å². The third-order valence-corrected chi connectivity index (χ3v) is 4.51. The van der Waals surface area contributed by atoms with Crippen LogP contribution in [0.5, 0.6) is 0 Å². The van der Waals surface area contributed by atoms with Crippen LogP contribution in [-0.2, 0) is 0 Å².